The number of thioether (sulfide) groups is 1. The average molecular weight is 420 g/mol. The number of nitrogens with one attached hydrogen (secondary N) is 1. The summed E-state index contributed by atoms with van der Waals surface area (Å²) in [5.41, 5.74) is 3.93. The highest BCUT2D eigenvalue weighted by Gasteiger charge is 2.15. The molecule has 0 atom stereocenters. The molecule has 1 N–H and O–H groups in total. The van der Waals surface area contributed by atoms with Crippen LogP contribution in [0.2, 0.25) is 0 Å². The summed E-state index contributed by atoms with van der Waals surface area (Å²) in [7, 11) is 1.74. The van der Waals surface area contributed by atoms with Gasteiger partial charge >= 0.3 is 0 Å². The zero-order chi connectivity index (χ0) is 20.9. The number of benzene rings is 2. The maximum Gasteiger partial charge on any atom is 0.236 e. The van der Waals surface area contributed by atoms with Gasteiger partial charge in [0.25, 0.3) is 0 Å². The van der Waals surface area contributed by atoms with E-state index in [1.807, 2.05) is 36.4 Å². The lowest BCUT2D eigenvalue weighted by Gasteiger charge is -2.08. The molecule has 0 saturated carbocycles. The highest BCUT2D eigenvalue weighted by Crippen LogP contribution is 2.25. The van der Waals surface area contributed by atoms with Gasteiger partial charge in [0.2, 0.25) is 11.1 Å². The first-order valence-corrected chi connectivity index (χ1v) is 10.5. The van der Waals surface area contributed by atoms with E-state index in [1.54, 1.807) is 11.7 Å². The molecular weight excluding hydrogens is 398 g/mol. The van der Waals surface area contributed by atoms with E-state index in [2.05, 4.69) is 52.0 Å². The predicted molar refractivity (Wildman–Crippen MR) is 117 cm³/mol. The maximum atomic E-state index is 12.6. The molecule has 152 valence electrons. The van der Waals surface area contributed by atoms with Crippen molar-refractivity contribution < 1.29 is 4.79 Å². The number of aromatic nitrogens is 6. The van der Waals surface area contributed by atoms with Crippen LogP contribution in [0.3, 0.4) is 0 Å². The van der Waals surface area contributed by atoms with Crippen LogP contribution in [0, 0.1) is 0 Å². The third-order valence-electron chi connectivity index (χ3n) is 4.55. The van der Waals surface area contributed by atoms with E-state index in [-0.39, 0.29) is 11.7 Å². The number of carbonyl (C=O) groups excluding carboxylic acids is 1. The minimum Gasteiger partial charge on any atom is -0.310 e. The molecule has 0 radical (unpaired) electrons. The summed E-state index contributed by atoms with van der Waals surface area (Å²) in [5, 5.41) is 19.5. The van der Waals surface area contributed by atoms with Crippen LogP contribution in [0.1, 0.15) is 12.5 Å². The second-order valence-corrected chi connectivity index (χ2v) is 7.58. The Hall–Kier alpha value is -3.46. The number of carbonyl (C=O) groups is 1. The molecule has 0 aliphatic carbocycles. The third-order valence-corrected chi connectivity index (χ3v) is 5.56. The Morgan fingerprint density at radius 3 is 2.53 bits per heavy atom. The van der Waals surface area contributed by atoms with Crippen LogP contribution in [0.5, 0.6) is 0 Å². The molecule has 4 aromatic rings. The predicted octanol–water partition coefficient (Wildman–Crippen LogP) is 3.36. The molecule has 0 saturated heterocycles. The number of hydrogen-bond donors (Lipinski definition) is 1. The minimum atomic E-state index is -0.159. The standard InChI is InChI=1S/C21H21N7OS/c1-3-15-9-11-16(12-10-15)18-13-19(28(24-18)17-7-5-4-6-8-17)22-20(29)14-30-21-23-25-26-27(21)2/h4-13H,3,14H2,1-2H3,(H,22,29). The number of tetrazole rings is 1. The SMILES string of the molecule is CCc1ccc(-c2cc(NC(=O)CSc3nnnn3C)n(-c3ccccc3)n2)cc1. The number of anilines is 1. The lowest BCUT2D eigenvalue weighted by Crippen LogP contribution is -2.17. The van der Waals surface area contributed by atoms with Gasteiger partial charge in [-0.1, -0.05) is 61.2 Å². The quantitative estimate of drug-likeness (QED) is 0.462. The van der Waals surface area contributed by atoms with Gasteiger partial charge in [0.1, 0.15) is 5.82 Å². The highest BCUT2D eigenvalue weighted by molar-refractivity contribution is 7.99. The van der Waals surface area contributed by atoms with E-state index in [1.165, 1.54) is 22.0 Å². The molecule has 0 aliphatic rings. The molecule has 1 amide bonds. The Bertz CT molecular complexity index is 1140. The Morgan fingerprint density at radius 2 is 1.87 bits per heavy atom. The van der Waals surface area contributed by atoms with Gasteiger partial charge in [-0.3, -0.25) is 4.79 Å². The van der Waals surface area contributed by atoms with Crippen molar-refractivity contribution in [2.24, 2.45) is 7.05 Å². The van der Waals surface area contributed by atoms with Gasteiger partial charge in [0.05, 0.1) is 17.1 Å². The van der Waals surface area contributed by atoms with Crippen LogP contribution < -0.4 is 5.32 Å². The van der Waals surface area contributed by atoms with Crippen molar-refractivity contribution in [1.29, 1.82) is 0 Å². The summed E-state index contributed by atoms with van der Waals surface area (Å²) < 4.78 is 3.28. The molecule has 0 spiro atoms. The summed E-state index contributed by atoms with van der Waals surface area (Å²) in [5.74, 6) is 0.639. The van der Waals surface area contributed by atoms with E-state index in [0.29, 0.717) is 11.0 Å². The zero-order valence-electron chi connectivity index (χ0n) is 16.7. The van der Waals surface area contributed by atoms with Crippen LogP contribution in [-0.2, 0) is 18.3 Å². The summed E-state index contributed by atoms with van der Waals surface area (Å²) in [6.45, 7) is 2.13. The lowest BCUT2D eigenvalue weighted by molar-refractivity contribution is -0.113. The lowest BCUT2D eigenvalue weighted by atomic mass is 10.1. The molecular formula is C21H21N7OS. The monoisotopic (exact) mass is 419 g/mol. The number of aryl methyl sites for hydroxylation is 2. The van der Waals surface area contributed by atoms with Crippen LogP contribution in [-0.4, -0.2) is 41.6 Å². The van der Waals surface area contributed by atoms with Crippen molar-refractivity contribution in [3.8, 4) is 16.9 Å². The van der Waals surface area contributed by atoms with Gasteiger partial charge < -0.3 is 5.32 Å². The molecule has 9 heteroatoms. The summed E-state index contributed by atoms with van der Waals surface area (Å²) in [4.78, 5) is 12.6. The first-order valence-electron chi connectivity index (χ1n) is 9.54. The Kier molecular flexibility index (Phi) is 5.89. The Balaban J connectivity index is 1.59. The van der Waals surface area contributed by atoms with Crippen LogP contribution in [0.4, 0.5) is 5.82 Å². The molecule has 2 aromatic carbocycles. The fourth-order valence-electron chi connectivity index (χ4n) is 2.94. The molecule has 8 nitrogen and oxygen atoms in total. The minimum absolute atomic E-state index is 0.159. The van der Waals surface area contributed by atoms with E-state index in [9.17, 15) is 4.79 Å². The van der Waals surface area contributed by atoms with Gasteiger partial charge in [-0.2, -0.15) is 5.10 Å². The average Bonchev–Trinajstić information content (AvgIpc) is 3.39. The van der Waals surface area contributed by atoms with E-state index in [0.717, 1.165) is 23.4 Å². The van der Waals surface area contributed by atoms with Crippen molar-refractivity contribution >= 4 is 23.5 Å². The molecule has 0 unspecified atom stereocenters. The molecule has 2 aromatic heterocycles. The van der Waals surface area contributed by atoms with Crippen molar-refractivity contribution in [3.05, 3.63) is 66.2 Å². The number of amides is 1. The molecule has 0 aliphatic heterocycles. The fraction of sp³-hybridized carbons (Fsp3) is 0.190. The molecule has 0 bridgehead atoms. The summed E-state index contributed by atoms with van der Waals surface area (Å²) in [6, 6.07) is 19.9. The molecule has 4 rings (SSSR count). The van der Waals surface area contributed by atoms with Gasteiger partial charge in [-0.25, -0.2) is 9.36 Å². The van der Waals surface area contributed by atoms with Crippen molar-refractivity contribution in [2.45, 2.75) is 18.5 Å². The normalized spacial score (nSPS) is 10.9. The van der Waals surface area contributed by atoms with Crippen LogP contribution in [0.15, 0.2) is 65.8 Å². The fourth-order valence-corrected chi connectivity index (χ4v) is 3.59. The molecule has 30 heavy (non-hydrogen) atoms. The first kappa shape index (κ1) is 19.8. The Labute approximate surface area is 178 Å². The van der Waals surface area contributed by atoms with Gasteiger partial charge in [0, 0.05) is 18.7 Å². The maximum absolute atomic E-state index is 12.6. The Morgan fingerprint density at radius 1 is 1.10 bits per heavy atom. The summed E-state index contributed by atoms with van der Waals surface area (Å²) in [6.07, 6.45) is 0.985. The highest BCUT2D eigenvalue weighted by atomic mass is 32.2. The van der Waals surface area contributed by atoms with Crippen LogP contribution >= 0.6 is 11.8 Å². The van der Waals surface area contributed by atoms with E-state index < -0.39 is 0 Å². The first-order chi connectivity index (χ1) is 14.6. The number of para-hydroxylation sites is 1. The topological polar surface area (TPSA) is 90.5 Å². The van der Waals surface area contributed by atoms with Crippen molar-refractivity contribution in [1.82, 2.24) is 30.0 Å². The second-order valence-electron chi connectivity index (χ2n) is 6.63. The molecule has 2 heterocycles. The zero-order valence-corrected chi connectivity index (χ0v) is 17.5. The van der Waals surface area contributed by atoms with Gasteiger partial charge in [-0.05, 0) is 34.5 Å². The molecule has 0 fully saturated rings. The smallest absolute Gasteiger partial charge is 0.236 e. The second kappa shape index (κ2) is 8.91. The van der Waals surface area contributed by atoms with Crippen LogP contribution in [0.25, 0.3) is 16.9 Å². The number of nitrogens with zero attached hydrogens (tertiary/aromatic N) is 6. The number of rotatable bonds is 7. The van der Waals surface area contributed by atoms with Crippen molar-refractivity contribution in [3.63, 3.8) is 0 Å². The number of hydrogen-bond acceptors (Lipinski definition) is 6. The van der Waals surface area contributed by atoms with Gasteiger partial charge in [0.15, 0.2) is 0 Å². The summed E-state index contributed by atoms with van der Waals surface area (Å²) >= 11 is 1.28. The van der Waals surface area contributed by atoms with Crippen molar-refractivity contribution in [2.75, 3.05) is 11.1 Å². The van der Waals surface area contributed by atoms with E-state index in [4.69, 9.17) is 5.10 Å². The van der Waals surface area contributed by atoms with E-state index >= 15 is 0 Å². The third kappa shape index (κ3) is 4.41. The van der Waals surface area contributed by atoms with Gasteiger partial charge in [-0.15, -0.1) is 5.10 Å². The largest absolute Gasteiger partial charge is 0.310 e.